The lowest BCUT2D eigenvalue weighted by molar-refractivity contribution is -0.139. The van der Waals surface area contributed by atoms with E-state index in [4.69, 9.17) is 0 Å². The van der Waals surface area contributed by atoms with Crippen LogP contribution in [-0.2, 0) is 26.2 Å². The fraction of sp³-hybridized carbons (Fsp3) is 0.286. The topological polar surface area (TPSA) is 86.8 Å². The van der Waals surface area contributed by atoms with Crippen molar-refractivity contribution in [3.8, 4) is 0 Å². The van der Waals surface area contributed by atoms with Crippen LogP contribution < -0.4 is 9.62 Å². The molecule has 0 aliphatic heterocycles. The Morgan fingerprint density at radius 2 is 1.57 bits per heavy atom. The number of aryl methyl sites for hydroxylation is 1. The fourth-order valence-corrected chi connectivity index (χ4v) is 5.28. The SMILES string of the molecule is CCCNC(=O)[C@H](C)N(Cc1ccccc1C)C(=O)CN(c1ccccc1F)S(=O)(=O)c1ccccc1. The van der Waals surface area contributed by atoms with E-state index in [9.17, 15) is 22.4 Å². The van der Waals surface area contributed by atoms with E-state index in [1.807, 2.05) is 38.1 Å². The summed E-state index contributed by atoms with van der Waals surface area (Å²) in [6.07, 6.45) is 0.723. The molecule has 1 N–H and O–H groups in total. The molecule has 0 fully saturated rings. The van der Waals surface area contributed by atoms with E-state index in [1.165, 1.54) is 35.2 Å². The molecule has 0 aromatic heterocycles. The van der Waals surface area contributed by atoms with Crippen molar-refractivity contribution >= 4 is 27.5 Å². The van der Waals surface area contributed by atoms with Crippen molar-refractivity contribution < 1.29 is 22.4 Å². The van der Waals surface area contributed by atoms with Gasteiger partial charge in [0.15, 0.2) is 0 Å². The molecule has 196 valence electrons. The number of hydrogen-bond acceptors (Lipinski definition) is 4. The van der Waals surface area contributed by atoms with Gasteiger partial charge in [-0.05, 0) is 55.7 Å². The van der Waals surface area contributed by atoms with Gasteiger partial charge in [-0.25, -0.2) is 12.8 Å². The second kappa shape index (κ2) is 12.5. The molecule has 7 nitrogen and oxygen atoms in total. The van der Waals surface area contributed by atoms with Crippen molar-refractivity contribution in [2.24, 2.45) is 0 Å². The maximum atomic E-state index is 14.9. The maximum absolute atomic E-state index is 14.9. The summed E-state index contributed by atoms with van der Waals surface area (Å²) < 4.78 is 42.9. The first kappa shape index (κ1) is 27.9. The van der Waals surface area contributed by atoms with Gasteiger partial charge in [-0.1, -0.05) is 61.5 Å². The van der Waals surface area contributed by atoms with Gasteiger partial charge in [-0.3, -0.25) is 13.9 Å². The summed E-state index contributed by atoms with van der Waals surface area (Å²) >= 11 is 0. The first-order valence-electron chi connectivity index (χ1n) is 12.1. The summed E-state index contributed by atoms with van der Waals surface area (Å²) in [5.41, 5.74) is 1.48. The van der Waals surface area contributed by atoms with Crippen LogP contribution in [0.3, 0.4) is 0 Å². The molecule has 2 amide bonds. The molecule has 1 atom stereocenters. The van der Waals surface area contributed by atoms with Crippen molar-refractivity contribution in [3.05, 3.63) is 95.8 Å². The van der Waals surface area contributed by atoms with Gasteiger partial charge in [-0.2, -0.15) is 0 Å². The predicted molar refractivity (Wildman–Crippen MR) is 142 cm³/mol. The Balaban J connectivity index is 2.03. The Morgan fingerprint density at radius 1 is 0.946 bits per heavy atom. The minimum absolute atomic E-state index is 0.0785. The van der Waals surface area contributed by atoms with Gasteiger partial charge in [-0.15, -0.1) is 0 Å². The van der Waals surface area contributed by atoms with Crippen LogP contribution in [0.5, 0.6) is 0 Å². The number of para-hydroxylation sites is 1. The Morgan fingerprint density at radius 3 is 2.22 bits per heavy atom. The second-order valence-electron chi connectivity index (χ2n) is 8.69. The molecule has 0 heterocycles. The lowest BCUT2D eigenvalue weighted by Crippen LogP contribution is -2.51. The van der Waals surface area contributed by atoms with E-state index < -0.39 is 34.3 Å². The van der Waals surface area contributed by atoms with Crippen molar-refractivity contribution in [1.82, 2.24) is 10.2 Å². The second-order valence-corrected chi connectivity index (χ2v) is 10.6. The third-order valence-electron chi connectivity index (χ3n) is 6.05. The molecule has 0 aliphatic carbocycles. The van der Waals surface area contributed by atoms with Crippen LogP contribution in [0.15, 0.2) is 83.8 Å². The Labute approximate surface area is 218 Å². The number of anilines is 1. The zero-order valence-corrected chi connectivity index (χ0v) is 22.0. The number of halogens is 1. The Bertz CT molecular complexity index is 1330. The molecule has 3 aromatic rings. The summed E-state index contributed by atoms with van der Waals surface area (Å²) in [7, 11) is -4.30. The van der Waals surface area contributed by atoms with Crippen molar-refractivity contribution in [3.63, 3.8) is 0 Å². The fourth-order valence-electron chi connectivity index (χ4n) is 3.84. The molecule has 0 saturated heterocycles. The number of hydrogen-bond donors (Lipinski definition) is 1. The van der Waals surface area contributed by atoms with Gasteiger partial charge in [0.05, 0.1) is 10.6 Å². The predicted octanol–water partition coefficient (Wildman–Crippen LogP) is 4.27. The highest BCUT2D eigenvalue weighted by atomic mass is 32.2. The molecule has 3 rings (SSSR count). The summed E-state index contributed by atoms with van der Waals surface area (Å²) in [5.74, 6) is -1.77. The number of carbonyl (C=O) groups is 2. The molecule has 0 aliphatic rings. The van der Waals surface area contributed by atoms with E-state index in [-0.39, 0.29) is 23.0 Å². The van der Waals surface area contributed by atoms with E-state index in [0.717, 1.165) is 27.9 Å². The third-order valence-corrected chi connectivity index (χ3v) is 7.82. The van der Waals surface area contributed by atoms with Crippen LogP contribution in [0.2, 0.25) is 0 Å². The molecule has 37 heavy (non-hydrogen) atoms. The standard InChI is InChI=1S/C28H32FN3O4S/c1-4-18-30-28(34)22(3)31(19-23-13-9-8-12-21(23)2)27(33)20-32(26-17-11-10-16-25(26)29)37(35,36)24-14-6-5-7-15-24/h5-17,22H,4,18-20H2,1-3H3,(H,30,34)/t22-/m0/s1. The molecular weight excluding hydrogens is 493 g/mol. The van der Waals surface area contributed by atoms with Gasteiger partial charge >= 0.3 is 0 Å². The largest absolute Gasteiger partial charge is 0.354 e. The summed E-state index contributed by atoms with van der Waals surface area (Å²) in [4.78, 5) is 27.9. The van der Waals surface area contributed by atoms with E-state index in [1.54, 1.807) is 25.1 Å². The summed E-state index contributed by atoms with van der Waals surface area (Å²) in [6, 6.07) is 19.5. The highest BCUT2D eigenvalue weighted by Gasteiger charge is 2.33. The number of carbonyl (C=O) groups excluding carboxylic acids is 2. The molecule has 0 unspecified atom stereocenters. The zero-order valence-electron chi connectivity index (χ0n) is 21.2. The molecule has 0 saturated carbocycles. The van der Waals surface area contributed by atoms with Crippen molar-refractivity contribution in [1.29, 1.82) is 0 Å². The number of amides is 2. The minimum Gasteiger partial charge on any atom is -0.354 e. The molecular formula is C28H32FN3O4S. The average molecular weight is 526 g/mol. The number of nitrogens with zero attached hydrogens (tertiary/aromatic N) is 2. The van der Waals surface area contributed by atoms with Gasteiger partial charge in [0, 0.05) is 13.1 Å². The number of sulfonamides is 1. The summed E-state index contributed by atoms with van der Waals surface area (Å²) in [5, 5.41) is 2.79. The molecule has 9 heteroatoms. The number of benzene rings is 3. The third kappa shape index (κ3) is 6.74. The Kier molecular flexibility index (Phi) is 9.41. The molecule has 0 bridgehead atoms. The van der Waals surface area contributed by atoms with Crippen molar-refractivity contribution in [2.75, 3.05) is 17.4 Å². The van der Waals surface area contributed by atoms with Gasteiger partial charge in [0.2, 0.25) is 11.8 Å². The van der Waals surface area contributed by atoms with E-state index in [2.05, 4.69) is 5.32 Å². The first-order chi connectivity index (χ1) is 17.7. The molecule has 0 spiro atoms. The van der Waals surface area contributed by atoms with Crippen LogP contribution >= 0.6 is 0 Å². The maximum Gasteiger partial charge on any atom is 0.264 e. The van der Waals surface area contributed by atoms with Crippen LogP contribution in [0.1, 0.15) is 31.4 Å². The number of rotatable bonds is 11. The monoisotopic (exact) mass is 525 g/mol. The molecule has 0 radical (unpaired) electrons. The Hall–Kier alpha value is -3.72. The minimum atomic E-state index is -4.30. The smallest absolute Gasteiger partial charge is 0.264 e. The average Bonchev–Trinajstić information content (AvgIpc) is 2.90. The summed E-state index contributed by atoms with van der Waals surface area (Å²) in [6.45, 7) is 5.25. The lowest BCUT2D eigenvalue weighted by Gasteiger charge is -2.32. The normalized spacial score (nSPS) is 12.0. The van der Waals surface area contributed by atoms with Crippen LogP contribution in [0, 0.1) is 12.7 Å². The van der Waals surface area contributed by atoms with Crippen LogP contribution in [-0.4, -0.2) is 44.3 Å². The van der Waals surface area contributed by atoms with Gasteiger partial charge < -0.3 is 10.2 Å². The van der Waals surface area contributed by atoms with Gasteiger partial charge in [0.1, 0.15) is 18.4 Å². The first-order valence-corrected chi connectivity index (χ1v) is 13.5. The highest BCUT2D eigenvalue weighted by Crippen LogP contribution is 2.27. The van der Waals surface area contributed by atoms with Gasteiger partial charge in [0.25, 0.3) is 10.0 Å². The quantitative estimate of drug-likeness (QED) is 0.405. The number of nitrogens with one attached hydrogen (secondary N) is 1. The lowest BCUT2D eigenvalue weighted by atomic mass is 10.1. The molecule has 3 aromatic carbocycles. The van der Waals surface area contributed by atoms with E-state index >= 15 is 0 Å². The highest BCUT2D eigenvalue weighted by molar-refractivity contribution is 7.92. The van der Waals surface area contributed by atoms with Crippen LogP contribution in [0.25, 0.3) is 0 Å². The van der Waals surface area contributed by atoms with Crippen LogP contribution in [0.4, 0.5) is 10.1 Å². The zero-order chi connectivity index (χ0) is 27.0. The van der Waals surface area contributed by atoms with E-state index in [0.29, 0.717) is 6.54 Å². The van der Waals surface area contributed by atoms with Crippen molar-refractivity contribution in [2.45, 2.75) is 44.7 Å².